The molecule has 0 spiro atoms. The number of carbonyl (C=O) groups is 1. The van der Waals surface area contributed by atoms with Gasteiger partial charge in [-0.3, -0.25) is 4.79 Å². The van der Waals surface area contributed by atoms with Crippen molar-refractivity contribution in [1.82, 2.24) is 30.9 Å². The summed E-state index contributed by atoms with van der Waals surface area (Å²) < 4.78 is 16.6. The minimum atomic E-state index is -0.390. The summed E-state index contributed by atoms with van der Waals surface area (Å²) in [6, 6.07) is 14.5. The Morgan fingerprint density at radius 2 is 1.94 bits per heavy atom. The Labute approximate surface area is 205 Å². The Hall–Kier alpha value is -4.18. The molecular weight excluding hydrogens is 472 g/mol. The van der Waals surface area contributed by atoms with Crippen molar-refractivity contribution < 1.29 is 19.0 Å². The number of nitrogens with zero attached hydrogens (tertiary/aromatic N) is 4. The maximum Gasteiger partial charge on any atom is 0.257 e. The number of aromatic nitrogens is 5. The predicted octanol–water partition coefficient (Wildman–Crippen LogP) is 4.03. The smallest absolute Gasteiger partial charge is 0.257 e. The lowest BCUT2D eigenvalue weighted by Crippen LogP contribution is -2.24. The molecule has 0 saturated carbocycles. The van der Waals surface area contributed by atoms with Gasteiger partial charge in [0.1, 0.15) is 11.3 Å². The fraction of sp³-hybridized carbons (Fsp3) is 0.208. The normalized spacial score (nSPS) is 12.4. The number of amides is 1. The number of nitrogens with one attached hydrogen (secondary N) is 2. The van der Waals surface area contributed by atoms with Crippen LogP contribution in [0.1, 0.15) is 41.2 Å². The van der Waals surface area contributed by atoms with E-state index < -0.39 is 5.41 Å². The van der Waals surface area contributed by atoms with Crippen molar-refractivity contribution >= 4 is 17.5 Å². The van der Waals surface area contributed by atoms with Crippen molar-refractivity contribution in [3.8, 4) is 23.1 Å². The number of H-pyrrole nitrogens is 1. The highest BCUT2D eigenvalue weighted by Gasteiger charge is 2.27. The van der Waals surface area contributed by atoms with Crippen molar-refractivity contribution in [3.63, 3.8) is 0 Å². The van der Waals surface area contributed by atoms with Gasteiger partial charge in [-0.2, -0.15) is 0 Å². The summed E-state index contributed by atoms with van der Waals surface area (Å²) in [6.07, 6.45) is 1.42. The average molecular weight is 493 g/mol. The van der Waals surface area contributed by atoms with Gasteiger partial charge in [-0.15, -0.1) is 5.10 Å². The fourth-order valence-electron chi connectivity index (χ4n) is 3.60. The first-order chi connectivity index (χ1) is 16.9. The van der Waals surface area contributed by atoms with Crippen LogP contribution in [0.25, 0.3) is 0 Å². The third-order valence-electron chi connectivity index (χ3n) is 5.69. The predicted molar refractivity (Wildman–Crippen MR) is 126 cm³/mol. The summed E-state index contributed by atoms with van der Waals surface area (Å²) >= 11 is 6.11. The van der Waals surface area contributed by atoms with Crippen molar-refractivity contribution in [2.75, 3.05) is 6.79 Å². The van der Waals surface area contributed by atoms with Crippen LogP contribution in [0.2, 0.25) is 5.02 Å². The Kier molecular flexibility index (Phi) is 5.96. The molecule has 1 aliphatic rings. The molecule has 2 N–H and O–H groups in total. The van der Waals surface area contributed by atoms with E-state index in [0.717, 1.165) is 11.1 Å². The molecule has 1 aliphatic heterocycles. The molecule has 0 saturated heterocycles. The monoisotopic (exact) mass is 492 g/mol. The molecule has 3 heterocycles. The SMILES string of the molecule is CC(C)(c1ccc(CNC(=O)c2cc(Cl)cnc2Oc2ccc3c(c2)OCO3)cc1)c1nnn[nH]1. The van der Waals surface area contributed by atoms with Gasteiger partial charge in [0, 0.05) is 18.8 Å². The number of rotatable bonds is 7. The maximum absolute atomic E-state index is 13.0. The highest BCUT2D eigenvalue weighted by molar-refractivity contribution is 6.30. The van der Waals surface area contributed by atoms with Gasteiger partial charge >= 0.3 is 0 Å². The fourth-order valence-corrected chi connectivity index (χ4v) is 3.76. The van der Waals surface area contributed by atoms with E-state index in [0.29, 0.717) is 34.6 Å². The zero-order valence-electron chi connectivity index (χ0n) is 18.9. The van der Waals surface area contributed by atoms with E-state index in [2.05, 4.69) is 30.9 Å². The molecule has 0 unspecified atom stereocenters. The van der Waals surface area contributed by atoms with Gasteiger partial charge in [0.2, 0.25) is 12.7 Å². The number of aromatic amines is 1. The summed E-state index contributed by atoms with van der Waals surface area (Å²) in [5.41, 5.74) is 1.77. The first-order valence-corrected chi connectivity index (χ1v) is 11.1. The van der Waals surface area contributed by atoms with Crippen LogP contribution >= 0.6 is 11.6 Å². The largest absolute Gasteiger partial charge is 0.454 e. The summed E-state index contributed by atoms with van der Waals surface area (Å²) in [4.78, 5) is 17.2. The zero-order chi connectivity index (χ0) is 24.4. The van der Waals surface area contributed by atoms with E-state index in [1.54, 1.807) is 18.2 Å². The third kappa shape index (κ3) is 4.73. The zero-order valence-corrected chi connectivity index (χ0v) is 19.7. The summed E-state index contributed by atoms with van der Waals surface area (Å²) in [5, 5.41) is 17.4. The van der Waals surface area contributed by atoms with Gasteiger partial charge in [0.05, 0.1) is 10.4 Å². The van der Waals surface area contributed by atoms with Crippen LogP contribution in [-0.4, -0.2) is 38.3 Å². The van der Waals surface area contributed by atoms with Crippen LogP contribution in [0.3, 0.4) is 0 Å². The van der Waals surface area contributed by atoms with Crippen LogP contribution < -0.4 is 19.5 Å². The molecule has 10 nitrogen and oxygen atoms in total. The maximum atomic E-state index is 13.0. The second-order valence-corrected chi connectivity index (χ2v) is 8.81. The molecule has 1 amide bonds. The van der Waals surface area contributed by atoms with Crippen LogP contribution in [0, 0.1) is 0 Å². The molecule has 0 atom stereocenters. The molecule has 2 aromatic heterocycles. The minimum Gasteiger partial charge on any atom is -0.454 e. The van der Waals surface area contributed by atoms with E-state index in [9.17, 15) is 4.79 Å². The van der Waals surface area contributed by atoms with Crippen molar-refractivity contribution in [2.24, 2.45) is 0 Å². The number of hydrogen-bond donors (Lipinski definition) is 2. The van der Waals surface area contributed by atoms with E-state index >= 15 is 0 Å². The molecule has 0 radical (unpaired) electrons. The first kappa shape index (κ1) is 22.6. The molecule has 2 aromatic carbocycles. The molecular formula is C24H21ClN6O4. The van der Waals surface area contributed by atoms with Gasteiger partial charge in [0.15, 0.2) is 17.3 Å². The van der Waals surface area contributed by atoms with E-state index in [1.807, 2.05) is 38.1 Å². The molecule has 0 fully saturated rings. The lowest BCUT2D eigenvalue weighted by atomic mass is 9.83. The summed E-state index contributed by atoms with van der Waals surface area (Å²) in [7, 11) is 0. The number of fused-ring (bicyclic) bond motifs is 1. The molecule has 0 bridgehead atoms. The van der Waals surface area contributed by atoms with Crippen LogP contribution in [-0.2, 0) is 12.0 Å². The third-order valence-corrected chi connectivity index (χ3v) is 5.89. The first-order valence-electron chi connectivity index (χ1n) is 10.7. The Morgan fingerprint density at radius 1 is 1.14 bits per heavy atom. The van der Waals surface area contributed by atoms with E-state index in [4.69, 9.17) is 25.8 Å². The number of hydrogen-bond acceptors (Lipinski definition) is 8. The Bertz CT molecular complexity index is 1360. The molecule has 0 aliphatic carbocycles. The van der Waals surface area contributed by atoms with E-state index in [1.165, 1.54) is 12.3 Å². The lowest BCUT2D eigenvalue weighted by Gasteiger charge is -2.21. The molecule has 4 aromatic rings. The standard InChI is InChI=1S/C24H21ClN6O4/c1-24(2,23-28-30-31-29-23)15-5-3-14(4-6-15)11-26-21(32)18-9-16(25)12-27-22(18)35-17-7-8-19-20(10-17)34-13-33-19/h3-10,12H,11,13H2,1-2H3,(H,26,32)(H,28,29,30,31). The van der Waals surface area contributed by atoms with Crippen LogP contribution in [0.15, 0.2) is 54.7 Å². The number of carbonyl (C=O) groups excluding carboxylic acids is 1. The van der Waals surface area contributed by atoms with Gasteiger partial charge in [-0.25, -0.2) is 10.1 Å². The lowest BCUT2D eigenvalue weighted by molar-refractivity contribution is 0.0948. The van der Waals surface area contributed by atoms with Gasteiger partial charge in [-0.1, -0.05) is 35.9 Å². The highest BCUT2D eigenvalue weighted by atomic mass is 35.5. The number of ether oxygens (including phenoxy) is 3. The van der Waals surface area contributed by atoms with Crippen molar-refractivity contribution in [2.45, 2.75) is 25.8 Å². The number of pyridine rings is 1. The van der Waals surface area contributed by atoms with Gasteiger partial charge in [-0.05, 0) is 53.6 Å². The quantitative estimate of drug-likeness (QED) is 0.396. The highest BCUT2D eigenvalue weighted by Crippen LogP contribution is 2.37. The summed E-state index contributed by atoms with van der Waals surface area (Å²) in [5.74, 6) is 2.08. The van der Waals surface area contributed by atoms with Crippen LogP contribution in [0.5, 0.6) is 23.1 Å². The molecule has 35 heavy (non-hydrogen) atoms. The molecule has 11 heteroatoms. The second-order valence-electron chi connectivity index (χ2n) is 8.38. The molecule has 5 rings (SSSR count). The Morgan fingerprint density at radius 3 is 2.71 bits per heavy atom. The average Bonchev–Trinajstić information content (AvgIpc) is 3.56. The van der Waals surface area contributed by atoms with Crippen molar-refractivity contribution in [1.29, 1.82) is 0 Å². The number of tetrazole rings is 1. The molecule has 178 valence electrons. The van der Waals surface area contributed by atoms with E-state index in [-0.39, 0.29) is 24.1 Å². The van der Waals surface area contributed by atoms with Crippen molar-refractivity contribution in [3.05, 3.63) is 82.3 Å². The number of halogens is 1. The topological polar surface area (TPSA) is 124 Å². The number of benzene rings is 2. The minimum absolute atomic E-state index is 0.128. The summed E-state index contributed by atoms with van der Waals surface area (Å²) in [6.45, 7) is 4.51. The second kappa shape index (κ2) is 9.22. The Balaban J connectivity index is 1.28. The van der Waals surface area contributed by atoms with Gasteiger partial charge < -0.3 is 19.5 Å². The van der Waals surface area contributed by atoms with Gasteiger partial charge in [0.25, 0.3) is 5.91 Å². The van der Waals surface area contributed by atoms with Crippen LogP contribution in [0.4, 0.5) is 0 Å².